The Morgan fingerprint density at radius 3 is 2.03 bits per heavy atom. The smallest absolute Gasteiger partial charge is 0.333 e. The number of methoxy groups -OCH3 is 1. The summed E-state index contributed by atoms with van der Waals surface area (Å²) < 4.78 is 25.0. The Morgan fingerprint density at radius 2 is 1.45 bits per heavy atom. The Bertz CT molecular complexity index is 707. The molecule has 0 spiro atoms. The van der Waals surface area contributed by atoms with Gasteiger partial charge in [0.1, 0.15) is 19.8 Å². The third kappa shape index (κ3) is 11.5. The molecule has 1 aliphatic rings. The topological polar surface area (TPSA) is 152 Å². The first-order chi connectivity index (χ1) is 15.6. The molecule has 0 saturated heterocycles. The van der Waals surface area contributed by atoms with Crippen LogP contribution in [0.25, 0.3) is 0 Å². The number of carbonyl (C=O) groups excluding carboxylic acids is 4. The van der Waals surface area contributed by atoms with E-state index in [-0.39, 0.29) is 50.8 Å². The van der Waals surface area contributed by atoms with Gasteiger partial charge in [0.15, 0.2) is 6.10 Å². The average molecular weight is 472 g/mol. The molecule has 0 aromatic rings. The Kier molecular flexibility index (Phi) is 12.8. The standard InChI is InChI=1S/C22H32O11/c1-14(2)21(27)32-13-17(12-29-3)33-19(24)9-8-18(23)30-10-11-31-22(28)16-6-4-15(5-7-16)20(25)26/h15-17H,1,4-13H2,2-3H3,(H,25,26). The van der Waals surface area contributed by atoms with Crippen LogP contribution in [0.5, 0.6) is 0 Å². The van der Waals surface area contributed by atoms with E-state index in [0.29, 0.717) is 25.7 Å². The predicted octanol–water partition coefficient (Wildman–Crippen LogP) is 1.42. The summed E-state index contributed by atoms with van der Waals surface area (Å²) in [6, 6.07) is 0. The van der Waals surface area contributed by atoms with Gasteiger partial charge in [-0.1, -0.05) is 6.58 Å². The van der Waals surface area contributed by atoms with Crippen LogP contribution in [-0.2, 0) is 47.7 Å². The normalized spacial score (nSPS) is 18.5. The SMILES string of the molecule is C=C(C)C(=O)OCC(COC)OC(=O)CCC(=O)OCCOC(=O)C1CCC(C(=O)O)CC1. The Balaban J connectivity index is 2.20. The third-order valence-electron chi connectivity index (χ3n) is 4.93. The van der Waals surface area contributed by atoms with Gasteiger partial charge in [0.2, 0.25) is 0 Å². The van der Waals surface area contributed by atoms with Gasteiger partial charge in [0.25, 0.3) is 0 Å². The summed E-state index contributed by atoms with van der Waals surface area (Å²) in [4.78, 5) is 58.1. The van der Waals surface area contributed by atoms with E-state index in [0.717, 1.165) is 0 Å². The first kappa shape index (κ1) is 28.1. The maximum Gasteiger partial charge on any atom is 0.333 e. The van der Waals surface area contributed by atoms with Gasteiger partial charge in [-0.2, -0.15) is 0 Å². The first-order valence-corrected chi connectivity index (χ1v) is 10.7. The monoisotopic (exact) mass is 472 g/mol. The molecule has 0 heterocycles. The molecule has 1 unspecified atom stereocenters. The second-order valence-corrected chi connectivity index (χ2v) is 7.72. The van der Waals surface area contributed by atoms with E-state index in [1.54, 1.807) is 0 Å². The summed E-state index contributed by atoms with van der Waals surface area (Å²) in [6.45, 7) is 4.44. The quantitative estimate of drug-likeness (QED) is 0.169. The fraction of sp³-hybridized carbons (Fsp3) is 0.682. The van der Waals surface area contributed by atoms with E-state index >= 15 is 0 Å². The minimum Gasteiger partial charge on any atom is -0.481 e. The van der Waals surface area contributed by atoms with Crippen LogP contribution in [0.1, 0.15) is 45.4 Å². The first-order valence-electron chi connectivity index (χ1n) is 10.7. The molecule has 0 radical (unpaired) electrons. The van der Waals surface area contributed by atoms with E-state index in [2.05, 4.69) is 6.58 Å². The number of carboxylic acid groups (broad SMARTS) is 1. The lowest BCUT2D eigenvalue weighted by Gasteiger charge is -2.24. The summed E-state index contributed by atoms with van der Waals surface area (Å²) in [5.74, 6) is -4.03. The van der Waals surface area contributed by atoms with Gasteiger partial charge in [0.05, 0.1) is 31.3 Å². The second-order valence-electron chi connectivity index (χ2n) is 7.72. The molecular formula is C22H32O11. The Labute approximate surface area is 192 Å². The van der Waals surface area contributed by atoms with Gasteiger partial charge in [-0.05, 0) is 32.6 Å². The lowest BCUT2D eigenvalue weighted by Crippen LogP contribution is -2.29. The highest BCUT2D eigenvalue weighted by Gasteiger charge is 2.30. The number of hydrogen-bond acceptors (Lipinski definition) is 10. The van der Waals surface area contributed by atoms with Crippen LogP contribution >= 0.6 is 0 Å². The summed E-state index contributed by atoms with van der Waals surface area (Å²) >= 11 is 0. The van der Waals surface area contributed by atoms with Crippen LogP contribution in [0.3, 0.4) is 0 Å². The number of ether oxygens (including phenoxy) is 5. The van der Waals surface area contributed by atoms with Crippen molar-refractivity contribution in [2.75, 3.05) is 33.5 Å². The summed E-state index contributed by atoms with van der Waals surface area (Å²) in [5.41, 5.74) is 0.205. The van der Waals surface area contributed by atoms with Crippen molar-refractivity contribution in [3.8, 4) is 0 Å². The van der Waals surface area contributed by atoms with Crippen molar-refractivity contribution in [2.45, 2.75) is 51.6 Å². The predicted molar refractivity (Wildman–Crippen MR) is 112 cm³/mol. The van der Waals surface area contributed by atoms with E-state index < -0.39 is 41.9 Å². The molecule has 0 aromatic heterocycles. The third-order valence-corrected chi connectivity index (χ3v) is 4.93. The molecule has 1 aliphatic carbocycles. The van der Waals surface area contributed by atoms with E-state index in [1.165, 1.54) is 14.0 Å². The number of esters is 4. The Morgan fingerprint density at radius 1 is 0.879 bits per heavy atom. The van der Waals surface area contributed by atoms with Gasteiger partial charge in [-0.3, -0.25) is 19.2 Å². The van der Waals surface area contributed by atoms with Crippen LogP contribution in [-0.4, -0.2) is 74.6 Å². The zero-order valence-corrected chi connectivity index (χ0v) is 19.0. The molecule has 33 heavy (non-hydrogen) atoms. The molecule has 1 fully saturated rings. The van der Waals surface area contributed by atoms with Crippen LogP contribution in [0.15, 0.2) is 12.2 Å². The highest BCUT2D eigenvalue weighted by molar-refractivity contribution is 5.87. The lowest BCUT2D eigenvalue weighted by atomic mass is 9.82. The number of rotatable bonds is 14. The molecule has 1 saturated carbocycles. The van der Waals surface area contributed by atoms with Crippen LogP contribution in [0.4, 0.5) is 0 Å². The largest absolute Gasteiger partial charge is 0.481 e. The molecule has 0 amide bonds. The molecule has 0 bridgehead atoms. The molecule has 0 aromatic carbocycles. The zero-order chi connectivity index (χ0) is 24.8. The summed E-state index contributed by atoms with van der Waals surface area (Å²) in [6.07, 6.45) is 0.454. The number of hydrogen-bond donors (Lipinski definition) is 1. The van der Waals surface area contributed by atoms with Gasteiger partial charge in [0, 0.05) is 12.7 Å². The van der Waals surface area contributed by atoms with Gasteiger partial charge in [-0.15, -0.1) is 0 Å². The van der Waals surface area contributed by atoms with Gasteiger partial charge >= 0.3 is 29.8 Å². The molecule has 11 heteroatoms. The molecule has 1 rings (SSSR count). The van der Waals surface area contributed by atoms with Crippen molar-refractivity contribution in [1.29, 1.82) is 0 Å². The zero-order valence-electron chi connectivity index (χ0n) is 19.0. The Hall–Kier alpha value is -2.95. The summed E-state index contributed by atoms with van der Waals surface area (Å²) in [7, 11) is 1.40. The van der Waals surface area contributed by atoms with Crippen molar-refractivity contribution in [3.63, 3.8) is 0 Å². The average Bonchev–Trinajstić information content (AvgIpc) is 2.78. The second kappa shape index (κ2) is 15.0. The van der Waals surface area contributed by atoms with Crippen molar-refractivity contribution >= 4 is 29.8 Å². The fourth-order valence-electron chi connectivity index (χ4n) is 3.11. The fourth-order valence-corrected chi connectivity index (χ4v) is 3.11. The number of carbonyl (C=O) groups is 5. The lowest BCUT2D eigenvalue weighted by molar-refractivity contribution is -0.162. The highest BCUT2D eigenvalue weighted by atomic mass is 16.6. The van der Waals surface area contributed by atoms with Gasteiger partial charge in [-0.25, -0.2) is 4.79 Å². The van der Waals surface area contributed by atoms with Crippen LogP contribution < -0.4 is 0 Å². The van der Waals surface area contributed by atoms with Crippen molar-refractivity contribution in [1.82, 2.24) is 0 Å². The van der Waals surface area contributed by atoms with E-state index in [9.17, 15) is 24.0 Å². The highest BCUT2D eigenvalue weighted by Crippen LogP contribution is 2.29. The van der Waals surface area contributed by atoms with Crippen molar-refractivity contribution in [2.24, 2.45) is 11.8 Å². The maximum atomic E-state index is 12.0. The molecule has 11 nitrogen and oxygen atoms in total. The molecule has 1 N–H and O–H groups in total. The molecule has 186 valence electrons. The van der Waals surface area contributed by atoms with Gasteiger partial charge < -0.3 is 28.8 Å². The van der Waals surface area contributed by atoms with E-state index in [1.807, 2.05) is 0 Å². The number of aliphatic carboxylic acids is 1. The summed E-state index contributed by atoms with van der Waals surface area (Å²) in [5, 5.41) is 8.98. The van der Waals surface area contributed by atoms with Crippen molar-refractivity contribution < 1.29 is 52.8 Å². The minimum atomic E-state index is -0.849. The number of carboxylic acids is 1. The molecular weight excluding hydrogens is 440 g/mol. The maximum absolute atomic E-state index is 12.0. The molecule has 0 aliphatic heterocycles. The molecule has 1 atom stereocenters. The van der Waals surface area contributed by atoms with Crippen molar-refractivity contribution in [3.05, 3.63) is 12.2 Å². The minimum absolute atomic E-state index is 0.00296. The van der Waals surface area contributed by atoms with Crippen LogP contribution in [0, 0.1) is 11.8 Å². The van der Waals surface area contributed by atoms with E-state index in [4.69, 9.17) is 28.8 Å². The van der Waals surface area contributed by atoms with Crippen LogP contribution in [0.2, 0.25) is 0 Å².